The minimum atomic E-state index is -0.368. The van der Waals surface area contributed by atoms with Gasteiger partial charge in [-0.25, -0.2) is 0 Å². The van der Waals surface area contributed by atoms with Crippen LogP contribution in [0.5, 0.6) is 0 Å². The first-order chi connectivity index (χ1) is 12.1. The van der Waals surface area contributed by atoms with Crippen molar-refractivity contribution in [3.05, 3.63) is 70.3 Å². The van der Waals surface area contributed by atoms with Crippen molar-refractivity contribution in [1.29, 1.82) is 0 Å². The summed E-state index contributed by atoms with van der Waals surface area (Å²) < 4.78 is 5.07. The Morgan fingerprint density at radius 3 is 2.04 bits per heavy atom. The van der Waals surface area contributed by atoms with E-state index in [4.69, 9.17) is 4.74 Å². The molecule has 1 aliphatic heterocycles. The minimum absolute atomic E-state index is 0.0638. The molecule has 126 valence electrons. The lowest BCUT2D eigenvalue weighted by molar-refractivity contribution is -0.153. The SMILES string of the molecule is CC[C@H](C)c1ccc2c(c1)[C@@H]1c3ccccc3[C@@H]2[C@@H]2C(=O)OC(=O)[C@H]12. The fourth-order valence-corrected chi connectivity index (χ4v) is 5.09. The Labute approximate surface area is 147 Å². The van der Waals surface area contributed by atoms with E-state index < -0.39 is 0 Å². The van der Waals surface area contributed by atoms with Crippen molar-refractivity contribution in [3.63, 3.8) is 0 Å². The van der Waals surface area contributed by atoms with E-state index in [9.17, 15) is 9.59 Å². The monoisotopic (exact) mass is 332 g/mol. The Kier molecular flexibility index (Phi) is 3.00. The Hall–Kier alpha value is -2.42. The summed E-state index contributed by atoms with van der Waals surface area (Å²) in [5.74, 6) is -1.08. The van der Waals surface area contributed by atoms with Gasteiger partial charge in [-0.15, -0.1) is 0 Å². The molecule has 6 rings (SSSR count). The third kappa shape index (κ3) is 1.81. The molecule has 5 atom stereocenters. The summed E-state index contributed by atoms with van der Waals surface area (Å²) in [5.41, 5.74) is 6.09. The van der Waals surface area contributed by atoms with E-state index >= 15 is 0 Å². The van der Waals surface area contributed by atoms with Gasteiger partial charge in [0, 0.05) is 11.8 Å². The highest BCUT2D eigenvalue weighted by molar-refractivity contribution is 6.00. The van der Waals surface area contributed by atoms with Gasteiger partial charge in [-0.2, -0.15) is 0 Å². The van der Waals surface area contributed by atoms with Crippen LogP contribution in [0, 0.1) is 11.8 Å². The zero-order valence-electron chi connectivity index (χ0n) is 14.4. The topological polar surface area (TPSA) is 43.4 Å². The Balaban J connectivity index is 1.77. The first-order valence-electron chi connectivity index (χ1n) is 9.10. The molecule has 3 nitrogen and oxygen atoms in total. The lowest BCUT2D eigenvalue weighted by atomic mass is 9.54. The summed E-state index contributed by atoms with van der Waals surface area (Å²) in [7, 11) is 0. The number of rotatable bonds is 2. The van der Waals surface area contributed by atoms with Gasteiger partial charge in [0.15, 0.2) is 0 Å². The zero-order chi connectivity index (χ0) is 17.3. The van der Waals surface area contributed by atoms with Crippen molar-refractivity contribution in [2.24, 2.45) is 11.8 Å². The van der Waals surface area contributed by atoms with E-state index in [1.807, 2.05) is 12.1 Å². The number of esters is 2. The van der Waals surface area contributed by atoms with Gasteiger partial charge in [0.2, 0.25) is 0 Å². The second kappa shape index (κ2) is 5.04. The second-order valence-electron chi connectivity index (χ2n) is 7.57. The molecule has 2 aromatic carbocycles. The van der Waals surface area contributed by atoms with Crippen molar-refractivity contribution in [3.8, 4) is 0 Å². The normalized spacial score (nSPS) is 29.7. The van der Waals surface area contributed by atoms with Gasteiger partial charge >= 0.3 is 11.9 Å². The molecule has 0 radical (unpaired) electrons. The summed E-state index contributed by atoms with van der Waals surface area (Å²) in [4.78, 5) is 24.9. The van der Waals surface area contributed by atoms with Gasteiger partial charge < -0.3 is 4.74 Å². The van der Waals surface area contributed by atoms with Crippen molar-refractivity contribution in [2.45, 2.75) is 38.0 Å². The summed E-state index contributed by atoms with van der Waals surface area (Å²) in [6, 6.07) is 14.9. The number of carbonyl (C=O) groups is 2. The van der Waals surface area contributed by atoms with Crippen LogP contribution in [0.1, 0.15) is 65.8 Å². The number of cyclic esters (lactones) is 2. The molecular weight excluding hydrogens is 312 g/mol. The molecule has 2 bridgehead atoms. The van der Waals surface area contributed by atoms with Crippen molar-refractivity contribution < 1.29 is 14.3 Å². The fraction of sp³-hybridized carbons (Fsp3) is 0.364. The molecule has 1 fully saturated rings. The maximum Gasteiger partial charge on any atom is 0.318 e. The predicted molar refractivity (Wildman–Crippen MR) is 93.4 cm³/mol. The van der Waals surface area contributed by atoms with Crippen molar-refractivity contribution in [2.75, 3.05) is 0 Å². The number of hydrogen-bond donors (Lipinski definition) is 0. The standard InChI is InChI=1S/C22H20O3/c1-3-11(2)12-8-9-15-16(10-12)18-14-7-5-4-6-13(14)17(15)19-20(18)22(24)25-21(19)23/h4-11,17-20H,3H2,1-2H3/t11-,17-,18-,19-,20+/m0/s1. The van der Waals surface area contributed by atoms with E-state index in [0.29, 0.717) is 5.92 Å². The fourth-order valence-electron chi connectivity index (χ4n) is 5.09. The van der Waals surface area contributed by atoms with Crippen LogP contribution in [0.3, 0.4) is 0 Å². The molecule has 1 heterocycles. The van der Waals surface area contributed by atoms with Gasteiger partial charge in [0.25, 0.3) is 0 Å². The van der Waals surface area contributed by atoms with Crippen LogP contribution in [-0.4, -0.2) is 11.9 Å². The molecule has 0 aromatic heterocycles. The van der Waals surface area contributed by atoms with Gasteiger partial charge in [-0.3, -0.25) is 9.59 Å². The summed E-state index contributed by atoms with van der Waals surface area (Å²) >= 11 is 0. The predicted octanol–water partition coefficient (Wildman–Crippen LogP) is 4.11. The molecule has 0 unspecified atom stereocenters. The van der Waals surface area contributed by atoms with Crippen LogP contribution in [0.4, 0.5) is 0 Å². The summed E-state index contributed by atoms with van der Waals surface area (Å²) in [6.07, 6.45) is 1.08. The first kappa shape index (κ1) is 14.9. The van der Waals surface area contributed by atoms with Crippen LogP contribution in [0.2, 0.25) is 0 Å². The number of ether oxygens (including phenoxy) is 1. The quantitative estimate of drug-likeness (QED) is 0.614. The summed E-state index contributed by atoms with van der Waals surface area (Å²) in [6.45, 7) is 4.42. The van der Waals surface area contributed by atoms with E-state index in [-0.39, 0.29) is 35.6 Å². The molecule has 0 saturated carbocycles. The van der Waals surface area contributed by atoms with E-state index in [0.717, 1.165) is 6.42 Å². The van der Waals surface area contributed by atoms with Crippen molar-refractivity contribution >= 4 is 11.9 Å². The van der Waals surface area contributed by atoms with Gasteiger partial charge in [-0.1, -0.05) is 56.3 Å². The molecule has 0 spiro atoms. The third-order valence-electron chi connectivity index (χ3n) is 6.48. The highest BCUT2D eigenvalue weighted by atomic mass is 16.6. The van der Waals surface area contributed by atoms with Crippen molar-refractivity contribution in [1.82, 2.24) is 0 Å². The summed E-state index contributed by atoms with van der Waals surface area (Å²) in [5, 5.41) is 0. The Morgan fingerprint density at radius 1 is 0.880 bits per heavy atom. The molecule has 3 aliphatic carbocycles. The number of benzene rings is 2. The van der Waals surface area contributed by atoms with Crippen LogP contribution >= 0.6 is 0 Å². The van der Waals surface area contributed by atoms with Gasteiger partial charge in [0.1, 0.15) is 0 Å². The zero-order valence-corrected chi connectivity index (χ0v) is 14.4. The first-order valence-corrected chi connectivity index (χ1v) is 9.10. The van der Waals surface area contributed by atoms with Crippen LogP contribution in [0.15, 0.2) is 42.5 Å². The van der Waals surface area contributed by atoms with Crippen LogP contribution < -0.4 is 0 Å². The molecular formula is C22H20O3. The molecule has 0 amide bonds. The highest BCUT2D eigenvalue weighted by Gasteiger charge is 2.60. The van der Waals surface area contributed by atoms with Crippen LogP contribution in [0.25, 0.3) is 0 Å². The largest absolute Gasteiger partial charge is 0.393 e. The highest BCUT2D eigenvalue weighted by Crippen LogP contribution is 2.60. The van der Waals surface area contributed by atoms with E-state index in [2.05, 4.69) is 44.2 Å². The Morgan fingerprint density at radius 2 is 1.44 bits per heavy atom. The van der Waals surface area contributed by atoms with E-state index in [1.165, 1.54) is 27.8 Å². The molecule has 0 N–H and O–H groups in total. The lowest BCUT2D eigenvalue weighted by Gasteiger charge is -2.45. The van der Waals surface area contributed by atoms with Gasteiger partial charge in [0.05, 0.1) is 11.8 Å². The Bertz CT molecular complexity index is 913. The maximum atomic E-state index is 12.5. The van der Waals surface area contributed by atoms with E-state index in [1.54, 1.807) is 0 Å². The molecule has 3 heteroatoms. The third-order valence-corrected chi connectivity index (χ3v) is 6.48. The average Bonchev–Trinajstić information content (AvgIpc) is 2.95. The smallest absolute Gasteiger partial charge is 0.318 e. The molecule has 25 heavy (non-hydrogen) atoms. The average molecular weight is 332 g/mol. The van der Waals surface area contributed by atoms with Gasteiger partial charge in [-0.05, 0) is 40.2 Å². The molecule has 4 aliphatic rings. The molecule has 1 saturated heterocycles. The number of hydrogen-bond acceptors (Lipinski definition) is 3. The maximum absolute atomic E-state index is 12.5. The van der Waals surface area contributed by atoms with Crippen LogP contribution in [-0.2, 0) is 14.3 Å². The molecule has 2 aromatic rings. The number of carbonyl (C=O) groups excluding carboxylic acids is 2. The second-order valence-corrected chi connectivity index (χ2v) is 7.57. The minimum Gasteiger partial charge on any atom is -0.393 e. The lowest BCUT2D eigenvalue weighted by Crippen LogP contribution is -2.41.